The van der Waals surface area contributed by atoms with Crippen LogP contribution in [0.4, 0.5) is 5.69 Å². The Labute approximate surface area is 113 Å². The van der Waals surface area contributed by atoms with Crippen LogP contribution in [0.15, 0.2) is 18.2 Å². The first-order valence-electron chi connectivity index (χ1n) is 6.85. The summed E-state index contributed by atoms with van der Waals surface area (Å²) in [5, 5.41) is 10.9. The van der Waals surface area contributed by atoms with Crippen molar-refractivity contribution in [2.45, 2.75) is 45.4 Å². The summed E-state index contributed by atoms with van der Waals surface area (Å²) in [6, 6.07) is 5.13. The minimum absolute atomic E-state index is 0.0446. The van der Waals surface area contributed by atoms with Gasteiger partial charge in [0.25, 0.3) is 5.69 Å². The Bertz CT molecular complexity index is 496. The summed E-state index contributed by atoms with van der Waals surface area (Å²) < 4.78 is 0. The van der Waals surface area contributed by atoms with E-state index in [1.54, 1.807) is 13.0 Å². The van der Waals surface area contributed by atoms with Crippen LogP contribution in [0.2, 0.25) is 0 Å². The first-order valence-corrected chi connectivity index (χ1v) is 6.85. The largest absolute Gasteiger partial charge is 0.299 e. The Morgan fingerprint density at radius 3 is 2.84 bits per heavy atom. The molecule has 1 unspecified atom stereocenters. The van der Waals surface area contributed by atoms with E-state index in [0.717, 1.165) is 31.2 Å². The van der Waals surface area contributed by atoms with E-state index < -0.39 is 0 Å². The van der Waals surface area contributed by atoms with Crippen LogP contribution < -0.4 is 0 Å². The number of nitrogens with zero attached hydrogens (tertiary/aromatic N) is 1. The topological polar surface area (TPSA) is 60.2 Å². The Morgan fingerprint density at radius 1 is 1.32 bits per heavy atom. The fourth-order valence-electron chi connectivity index (χ4n) is 2.80. The molecule has 1 atom stereocenters. The number of ketones is 1. The van der Waals surface area contributed by atoms with Gasteiger partial charge in [-0.2, -0.15) is 0 Å². The van der Waals surface area contributed by atoms with Crippen LogP contribution in [-0.2, 0) is 11.2 Å². The van der Waals surface area contributed by atoms with Crippen molar-refractivity contribution >= 4 is 11.5 Å². The van der Waals surface area contributed by atoms with Crippen LogP contribution in [0.1, 0.15) is 43.2 Å². The van der Waals surface area contributed by atoms with E-state index in [1.807, 2.05) is 6.07 Å². The molecular formula is C15H19NO3. The molecule has 4 nitrogen and oxygen atoms in total. The Hall–Kier alpha value is -1.71. The molecule has 1 fully saturated rings. The van der Waals surface area contributed by atoms with Gasteiger partial charge in [0.1, 0.15) is 5.78 Å². The molecule has 0 spiro atoms. The average Bonchev–Trinajstić information content (AvgIpc) is 2.57. The smallest absolute Gasteiger partial charge is 0.272 e. The Morgan fingerprint density at radius 2 is 2.11 bits per heavy atom. The zero-order valence-electron chi connectivity index (χ0n) is 11.2. The maximum atomic E-state index is 12.0. The molecule has 1 aromatic carbocycles. The van der Waals surface area contributed by atoms with E-state index in [4.69, 9.17) is 0 Å². The van der Waals surface area contributed by atoms with Gasteiger partial charge in [-0.1, -0.05) is 25.0 Å². The fourth-order valence-corrected chi connectivity index (χ4v) is 2.80. The van der Waals surface area contributed by atoms with Gasteiger partial charge in [-0.3, -0.25) is 14.9 Å². The van der Waals surface area contributed by atoms with E-state index in [2.05, 4.69) is 0 Å². The predicted octanol–water partition coefficient (Wildman–Crippen LogP) is 3.60. The van der Waals surface area contributed by atoms with Crippen LogP contribution in [0.3, 0.4) is 0 Å². The van der Waals surface area contributed by atoms with Gasteiger partial charge in [0.05, 0.1) is 4.92 Å². The lowest BCUT2D eigenvalue weighted by atomic mass is 9.89. The molecule has 1 aliphatic carbocycles. The molecule has 0 aromatic heterocycles. The number of rotatable bonds is 3. The van der Waals surface area contributed by atoms with Gasteiger partial charge in [0, 0.05) is 24.0 Å². The number of hydrogen-bond acceptors (Lipinski definition) is 3. The fraction of sp³-hybridized carbons (Fsp3) is 0.533. The van der Waals surface area contributed by atoms with Gasteiger partial charge in [0.2, 0.25) is 0 Å². The molecule has 2 rings (SSSR count). The van der Waals surface area contributed by atoms with Crippen molar-refractivity contribution in [2.75, 3.05) is 0 Å². The summed E-state index contributed by atoms with van der Waals surface area (Å²) in [6.45, 7) is 1.77. The molecule has 0 aliphatic heterocycles. The lowest BCUT2D eigenvalue weighted by molar-refractivity contribution is -0.385. The molecule has 0 amide bonds. The molecule has 1 saturated carbocycles. The maximum Gasteiger partial charge on any atom is 0.272 e. The van der Waals surface area contributed by atoms with Gasteiger partial charge < -0.3 is 0 Å². The van der Waals surface area contributed by atoms with Crippen molar-refractivity contribution in [1.29, 1.82) is 0 Å². The Balaban J connectivity index is 2.20. The second-order valence-corrected chi connectivity index (χ2v) is 5.29. The van der Waals surface area contributed by atoms with Gasteiger partial charge in [-0.05, 0) is 31.7 Å². The first-order chi connectivity index (χ1) is 9.09. The molecule has 1 aromatic rings. The van der Waals surface area contributed by atoms with Gasteiger partial charge >= 0.3 is 0 Å². The summed E-state index contributed by atoms with van der Waals surface area (Å²) in [4.78, 5) is 22.6. The van der Waals surface area contributed by atoms with Crippen molar-refractivity contribution in [3.63, 3.8) is 0 Å². The standard InChI is InChI=1S/C15H19NO3/c1-11-12(7-5-8-14(11)16(18)19)10-13-6-3-2-4-9-15(13)17/h5,7-8,13H,2-4,6,9-10H2,1H3. The highest BCUT2D eigenvalue weighted by Crippen LogP contribution is 2.27. The van der Waals surface area contributed by atoms with Crippen molar-refractivity contribution in [3.05, 3.63) is 39.4 Å². The minimum Gasteiger partial charge on any atom is -0.299 e. The molecule has 0 radical (unpaired) electrons. The number of benzene rings is 1. The van der Waals surface area contributed by atoms with Crippen molar-refractivity contribution < 1.29 is 9.72 Å². The SMILES string of the molecule is Cc1c(CC2CCCCCC2=O)cccc1[N+](=O)[O-]. The zero-order valence-corrected chi connectivity index (χ0v) is 11.2. The van der Waals surface area contributed by atoms with Crippen LogP contribution in [0, 0.1) is 23.0 Å². The number of nitro benzene ring substituents is 1. The van der Waals surface area contributed by atoms with Crippen molar-refractivity contribution in [1.82, 2.24) is 0 Å². The highest BCUT2D eigenvalue weighted by atomic mass is 16.6. The molecule has 0 heterocycles. The van der Waals surface area contributed by atoms with Crippen molar-refractivity contribution in [3.8, 4) is 0 Å². The monoisotopic (exact) mass is 261 g/mol. The molecule has 0 saturated heterocycles. The predicted molar refractivity (Wildman–Crippen MR) is 73.1 cm³/mol. The first kappa shape index (κ1) is 13.7. The number of carbonyl (C=O) groups excluding carboxylic acids is 1. The van der Waals surface area contributed by atoms with E-state index in [0.29, 0.717) is 24.2 Å². The normalized spacial score (nSPS) is 20.1. The number of carbonyl (C=O) groups is 1. The van der Waals surface area contributed by atoms with E-state index in [9.17, 15) is 14.9 Å². The zero-order chi connectivity index (χ0) is 13.8. The number of Topliss-reactive ketones (excluding diaryl/α,β-unsaturated/α-hetero) is 1. The third kappa shape index (κ3) is 3.19. The van der Waals surface area contributed by atoms with E-state index in [-0.39, 0.29) is 16.5 Å². The average molecular weight is 261 g/mol. The maximum absolute atomic E-state index is 12.0. The minimum atomic E-state index is -0.353. The summed E-state index contributed by atoms with van der Waals surface area (Å²) in [5.74, 6) is 0.367. The molecule has 4 heteroatoms. The summed E-state index contributed by atoms with van der Waals surface area (Å²) >= 11 is 0. The van der Waals surface area contributed by atoms with Crippen LogP contribution >= 0.6 is 0 Å². The quantitative estimate of drug-likeness (QED) is 0.474. The van der Waals surface area contributed by atoms with Gasteiger partial charge in [-0.25, -0.2) is 0 Å². The van der Waals surface area contributed by atoms with Crippen molar-refractivity contribution in [2.24, 2.45) is 5.92 Å². The second kappa shape index (κ2) is 5.95. The highest BCUT2D eigenvalue weighted by Gasteiger charge is 2.23. The molecule has 102 valence electrons. The third-order valence-electron chi connectivity index (χ3n) is 4.01. The highest BCUT2D eigenvalue weighted by molar-refractivity contribution is 5.81. The summed E-state index contributed by atoms with van der Waals surface area (Å²) in [6.07, 6.45) is 5.43. The molecular weight excluding hydrogens is 242 g/mol. The third-order valence-corrected chi connectivity index (χ3v) is 4.01. The lowest BCUT2D eigenvalue weighted by Crippen LogP contribution is -2.16. The number of nitro groups is 1. The molecule has 0 N–H and O–H groups in total. The molecule has 0 bridgehead atoms. The van der Waals surface area contributed by atoms with Crippen LogP contribution in [-0.4, -0.2) is 10.7 Å². The van der Waals surface area contributed by atoms with Gasteiger partial charge in [-0.15, -0.1) is 0 Å². The number of hydrogen-bond donors (Lipinski definition) is 0. The van der Waals surface area contributed by atoms with Gasteiger partial charge in [0.15, 0.2) is 0 Å². The molecule has 19 heavy (non-hydrogen) atoms. The van der Waals surface area contributed by atoms with Crippen LogP contribution in [0.5, 0.6) is 0 Å². The summed E-state index contributed by atoms with van der Waals surface area (Å²) in [5.41, 5.74) is 1.79. The summed E-state index contributed by atoms with van der Waals surface area (Å²) in [7, 11) is 0. The van der Waals surface area contributed by atoms with Crippen LogP contribution in [0.25, 0.3) is 0 Å². The molecule has 1 aliphatic rings. The second-order valence-electron chi connectivity index (χ2n) is 5.29. The Kier molecular flexibility index (Phi) is 4.30. The van der Waals surface area contributed by atoms with E-state index in [1.165, 1.54) is 6.07 Å². The lowest BCUT2D eigenvalue weighted by Gasteiger charge is -2.14. The van der Waals surface area contributed by atoms with E-state index >= 15 is 0 Å².